The Hall–Kier alpha value is -1.78. The van der Waals surface area contributed by atoms with Gasteiger partial charge in [0.2, 0.25) is 0 Å². The van der Waals surface area contributed by atoms with Gasteiger partial charge >= 0.3 is 6.09 Å². The van der Waals surface area contributed by atoms with E-state index in [-0.39, 0.29) is 5.82 Å². The van der Waals surface area contributed by atoms with Crippen molar-refractivity contribution < 1.29 is 9.90 Å². The number of nitrogens with two attached hydrogens (primary N) is 1. The highest BCUT2D eigenvalue weighted by molar-refractivity contribution is 5.85. The molecule has 1 aromatic heterocycles. The van der Waals surface area contributed by atoms with Crippen LogP contribution in [0.1, 0.15) is 20.8 Å². The van der Waals surface area contributed by atoms with Crippen molar-refractivity contribution in [3.8, 4) is 0 Å². The molecule has 0 aliphatic heterocycles. The summed E-state index contributed by atoms with van der Waals surface area (Å²) in [7, 11) is 0. The number of rotatable bonds is 1. The lowest BCUT2D eigenvalue weighted by Crippen LogP contribution is -2.10. The molecule has 0 spiro atoms. The first kappa shape index (κ1) is 13.2. The zero-order valence-corrected chi connectivity index (χ0v) is 9.19. The second-order valence-electron chi connectivity index (χ2n) is 3.60. The van der Waals surface area contributed by atoms with E-state index in [2.05, 4.69) is 31.1 Å². The molecular weight excluding hydrogens is 194 g/mol. The fourth-order valence-corrected chi connectivity index (χ4v) is 0.623. The maximum absolute atomic E-state index is 10.1. The molecule has 0 aromatic carbocycles. The number of hydrogen-bond acceptors (Lipinski definition) is 3. The quantitative estimate of drug-likeness (QED) is 0.665. The summed E-state index contributed by atoms with van der Waals surface area (Å²) in [6, 6.07) is 3.20. The maximum Gasteiger partial charge on any atom is 0.410 e. The van der Waals surface area contributed by atoms with E-state index in [1.807, 2.05) is 0 Å². The number of carboxylic acid groups (broad SMARTS) is 1. The normalized spacial score (nSPS) is 9.07. The van der Waals surface area contributed by atoms with Gasteiger partial charge in [-0.2, -0.15) is 0 Å². The average molecular weight is 211 g/mol. The van der Waals surface area contributed by atoms with Gasteiger partial charge in [-0.05, 0) is 18.1 Å². The Balaban J connectivity index is 0.000000423. The van der Waals surface area contributed by atoms with E-state index in [9.17, 15) is 4.79 Å². The third kappa shape index (κ3) is 7.30. The van der Waals surface area contributed by atoms with Crippen LogP contribution in [0.4, 0.5) is 16.3 Å². The van der Waals surface area contributed by atoms with Crippen molar-refractivity contribution in [2.45, 2.75) is 20.8 Å². The molecule has 4 N–H and O–H groups in total. The van der Waals surface area contributed by atoms with Crippen LogP contribution in [0.15, 0.2) is 18.3 Å². The van der Waals surface area contributed by atoms with Gasteiger partial charge in [-0.25, -0.2) is 9.78 Å². The van der Waals surface area contributed by atoms with Crippen LogP contribution in [0.25, 0.3) is 0 Å². The molecule has 15 heavy (non-hydrogen) atoms. The molecule has 0 aliphatic rings. The van der Waals surface area contributed by atoms with Gasteiger partial charge in [-0.15, -0.1) is 0 Å². The highest BCUT2D eigenvalue weighted by Gasteiger charge is 2.01. The molecule has 1 amide bonds. The lowest BCUT2D eigenvalue weighted by Gasteiger charge is -2.01. The number of aromatic nitrogens is 1. The van der Waals surface area contributed by atoms with Crippen molar-refractivity contribution >= 4 is 17.6 Å². The van der Waals surface area contributed by atoms with Gasteiger partial charge in [0, 0.05) is 6.20 Å². The zero-order valence-electron chi connectivity index (χ0n) is 9.19. The van der Waals surface area contributed by atoms with Crippen molar-refractivity contribution in [2.24, 2.45) is 5.92 Å². The summed E-state index contributed by atoms with van der Waals surface area (Å²) in [4.78, 5) is 13.8. The molecule has 0 fully saturated rings. The molecule has 0 radical (unpaired) electrons. The first-order valence-corrected chi connectivity index (χ1v) is 4.64. The van der Waals surface area contributed by atoms with E-state index in [4.69, 9.17) is 10.8 Å². The molecule has 0 aliphatic carbocycles. The number of pyridine rings is 1. The van der Waals surface area contributed by atoms with E-state index in [0.29, 0.717) is 5.69 Å². The van der Waals surface area contributed by atoms with E-state index in [1.165, 1.54) is 6.20 Å². The lowest BCUT2D eigenvalue weighted by molar-refractivity contribution is 0.209. The van der Waals surface area contributed by atoms with Crippen molar-refractivity contribution in [1.82, 2.24) is 4.98 Å². The van der Waals surface area contributed by atoms with Crippen LogP contribution in [0.2, 0.25) is 0 Å². The second kappa shape index (κ2) is 6.64. The van der Waals surface area contributed by atoms with Gasteiger partial charge in [0.05, 0.1) is 5.69 Å². The predicted molar refractivity (Wildman–Crippen MR) is 60.8 cm³/mol. The molecule has 1 rings (SSSR count). The molecule has 84 valence electrons. The molecule has 1 aromatic rings. The fraction of sp³-hybridized carbons (Fsp3) is 0.400. The van der Waals surface area contributed by atoms with E-state index in [1.54, 1.807) is 12.1 Å². The van der Waals surface area contributed by atoms with Gasteiger partial charge in [0.25, 0.3) is 0 Å². The number of nitrogen functional groups attached to an aromatic ring is 1. The topological polar surface area (TPSA) is 88.2 Å². The summed E-state index contributed by atoms with van der Waals surface area (Å²) in [5.74, 6) is 1.00. The lowest BCUT2D eigenvalue weighted by atomic mass is 10.3. The van der Waals surface area contributed by atoms with E-state index < -0.39 is 6.09 Å². The first-order valence-electron chi connectivity index (χ1n) is 4.64. The Bertz CT molecular complexity index is 311. The number of nitrogens with zero attached hydrogens (tertiary/aromatic N) is 1. The number of hydrogen-bond donors (Lipinski definition) is 3. The van der Waals surface area contributed by atoms with Crippen molar-refractivity contribution in [1.29, 1.82) is 0 Å². The fourth-order valence-electron chi connectivity index (χ4n) is 0.623. The van der Waals surface area contributed by atoms with Crippen molar-refractivity contribution in [3.63, 3.8) is 0 Å². The Morgan fingerprint density at radius 1 is 1.53 bits per heavy atom. The van der Waals surface area contributed by atoms with Gasteiger partial charge in [-0.1, -0.05) is 20.8 Å². The van der Waals surface area contributed by atoms with Gasteiger partial charge < -0.3 is 10.8 Å². The van der Waals surface area contributed by atoms with Crippen LogP contribution in [-0.4, -0.2) is 16.2 Å². The molecule has 0 saturated carbocycles. The monoisotopic (exact) mass is 211 g/mol. The zero-order chi connectivity index (χ0) is 11.8. The molecule has 5 nitrogen and oxygen atoms in total. The average Bonchev–Trinajstić information content (AvgIpc) is 2.07. The standard InChI is InChI=1S/C6H7N3O2.C4H10/c7-4-2-1-3-8-5(4)9-6(10)11;1-4(2)3/h1-3H,7H2,(H,8,9)(H,10,11);4H,1-3H3. The molecule has 5 heteroatoms. The summed E-state index contributed by atoms with van der Waals surface area (Å²) in [6.07, 6.45) is 0.289. The summed E-state index contributed by atoms with van der Waals surface area (Å²) in [6.45, 7) is 6.50. The minimum Gasteiger partial charge on any atom is -0.465 e. The summed E-state index contributed by atoms with van der Waals surface area (Å²) in [5.41, 5.74) is 5.70. The SMILES string of the molecule is CC(C)C.Nc1cccnc1NC(=O)O. The van der Waals surface area contributed by atoms with Crippen LogP contribution in [-0.2, 0) is 0 Å². The maximum atomic E-state index is 10.1. The Morgan fingerprint density at radius 3 is 2.47 bits per heavy atom. The van der Waals surface area contributed by atoms with E-state index >= 15 is 0 Å². The highest BCUT2D eigenvalue weighted by atomic mass is 16.4. The molecule has 0 atom stereocenters. The molecule has 1 heterocycles. The van der Waals surface area contributed by atoms with Crippen LogP contribution in [0.3, 0.4) is 0 Å². The molecular formula is C10H17N3O2. The van der Waals surface area contributed by atoms with Gasteiger partial charge in [-0.3, -0.25) is 5.32 Å². The third-order valence-electron chi connectivity index (χ3n) is 1.06. The minimum absolute atomic E-state index is 0.167. The van der Waals surface area contributed by atoms with Crippen molar-refractivity contribution in [2.75, 3.05) is 11.1 Å². The second-order valence-corrected chi connectivity index (χ2v) is 3.60. The Kier molecular flexibility index (Phi) is 5.85. The third-order valence-corrected chi connectivity index (χ3v) is 1.06. The Labute approximate surface area is 89.3 Å². The van der Waals surface area contributed by atoms with E-state index in [0.717, 1.165) is 5.92 Å². The predicted octanol–water partition coefficient (Wildman–Crippen LogP) is 2.42. The smallest absolute Gasteiger partial charge is 0.410 e. The van der Waals surface area contributed by atoms with Crippen LogP contribution in [0, 0.1) is 5.92 Å². The number of amides is 1. The van der Waals surface area contributed by atoms with Gasteiger partial charge in [0.15, 0.2) is 5.82 Å². The molecule has 0 bridgehead atoms. The first-order chi connectivity index (χ1) is 6.93. The number of nitrogens with one attached hydrogen (secondary N) is 1. The number of anilines is 2. The van der Waals surface area contributed by atoms with Crippen LogP contribution < -0.4 is 11.1 Å². The minimum atomic E-state index is -1.17. The highest BCUT2D eigenvalue weighted by Crippen LogP contribution is 2.11. The number of carbonyl (C=O) groups is 1. The summed E-state index contributed by atoms with van der Waals surface area (Å²) in [5, 5.41) is 10.3. The van der Waals surface area contributed by atoms with Gasteiger partial charge in [0.1, 0.15) is 0 Å². The molecule has 0 saturated heterocycles. The molecule has 0 unspecified atom stereocenters. The largest absolute Gasteiger partial charge is 0.465 e. The van der Waals surface area contributed by atoms with Crippen molar-refractivity contribution in [3.05, 3.63) is 18.3 Å². The summed E-state index contributed by atoms with van der Waals surface area (Å²) < 4.78 is 0. The Morgan fingerprint density at radius 2 is 2.07 bits per heavy atom. The van der Waals surface area contributed by atoms with Crippen LogP contribution >= 0.6 is 0 Å². The van der Waals surface area contributed by atoms with Crippen LogP contribution in [0.5, 0.6) is 0 Å². The summed E-state index contributed by atoms with van der Waals surface area (Å²) >= 11 is 0.